The van der Waals surface area contributed by atoms with E-state index in [1.807, 2.05) is 0 Å². The van der Waals surface area contributed by atoms with Crippen LogP contribution in [0.2, 0.25) is 0 Å². The Morgan fingerprint density at radius 2 is 2.14 bits per heavy atom. The van der Waals surface area contributed by atoms with Crippen molar-refractivity contribution in [3.8, 4) is 0 Å². The molecule has 2 aliphatic rings. The van der Waals surface area contributed by atoms with Gasteiger partial charge in [0, 0.05) is 5.92 Å². The first-order chi connectivity index (χ1) is 9.72. The zero-order chi connectivity index (χ0) is 15.4. The van der Waals surface area contributed by atoms with E-state index in [4.69, 9.17) is 21.0 Å². The van der Waals surface area contributed by atoms with Gasteiger partial charge in [0.25, 0.3) is 0 Å². The van der Waals surface area contributed by atoms with Gasteiger partial charge in [-0.2, -0.15) is 0 Å². The summed E-state index contributed by atoms with van der Waals surface area (Å²) in [6.07, 6.45) is 3.48. The summed E-state index contributed by atoms with van der Waals surface area (Å²) in [5.74, 6) is 0.700. The van der Waals surface area contributed by atoms with Crippen LogP contribution in [0.25, 0.3) is 0 Å². The van der Waals surface area contributed by atoms with E-state index in [1.54, 1.807) is 20.8 Å². The molecule has 21 heavy (non-hydrogen) atoms. The van der Waals surface area contributed by atoms with Gasteiger partial charge in [-0.3, -0.25) is 10.3 Å². The van der Waals surface area contributed by atoms with Gasteiger partial charge >= 0.3 is 0 Å². The fourth-order valence-corrected chi connectivity index (χ4v) is 4.27. The van der Waals surface area contributed by atoms with Crippen molar-refractivity contribution in [2.45, 2.75) is 49.8 Å². The lowest BCUT2D eigenvalue weighted by molar-refractivity contribution is -0.0129. The molecule has 3 rings (SSSR count). The number of halogens is 1. The van der Waals surface area contributed by atoms with Crippen LogP contribution in [-0.4, -0.2) is 19.2 Å². The average Bonchev–Trinajstić information content (AvgIpc) is 3.07. The van der Waals surface area contributed by atoms with Gasteiger partial charge in [-0.25, -0.2) is 8.42 Å². The minimum absolute atomic E-state index is 0.0187. The summed E-state index contributed by atoms with van der Waals surface area (Å²) in [4.78, 5) is 5.21. The molecule has 1 saturated carbocycles. The minimum Gasteiger partial charge on any atom is -0.361 e. The normalized spacial score (nSPS) is 22.8. The maximum atomic E-state index is 12.7. The average molecular weight is 333 g/mol. The molecule has 8 heteroatoms. The molecule has 2 heterocycles. The first-order valence-corrected chi connectivity index (χ1v) is 8.71. The number of hydroxylamine groups is 1. The Bertz CT molecular complexity index is 704. The van der Waals surface area contributed by atoms with Crippen LogP contribution >= 0.6 is 11.6 Å². The van der Waals surface area contributed by atoms with Crippen LogP contribution in [0.15, 0.2) is 15.6 Å². The summed E-state index contributed by atoms with van der Waals surface area (Å²) in [6, 6.07) is 0. The molecule has 0 aromatic carbocycles. The molecule has 0 spiro atoms. The first kappa shape index (κ1) is 14.9. The van der Waals surface area contributed by atoms with E-state index in [0.717, 1.165) is 12.8 Å². The van der Waals surface area contributed by atoms with Crippen molar-refractivity contribution in [2.75, 3.05) is 0 Å². The smallest absolute Gasteiger partial charge is 0.216 e. The lowest BCUT2D eigenvalue weighted by Gasteiger charge is -2.13. The third-order valence-electron chi connectivity index (χ3n) is 3.60. The van der Waals surface area contributed by atoms with Crippen molar-refractivity contribution in [1.82, 2.24) is 10.6 Å². The van der Waals surface area contributed by atoms with Gasteiger partial charge in [-0.15, -0.1) is 0 Å². The Balaban J connectivity index is 1.98. The van der Waals surface area contributed by atoms with E-state index in [0.29, 0.717) is 17.0 Å². The van der Waals surface area contributed by atoms with Crippen molar-refractivity contribution >= 4 is 21.4 Å². The number of hydrogen-bond acceptors (Lipinski definition) is 6. The SMILES string of the molecule is Cc1onc(C2CC2)c1C(Cl)S(=O)(=O)C1=CC(C)(C)ON1. The number of alkyl halides is 1. The zero-order valence-corrected chi connectivity index (χ0v) is 13.6. The summed E-state index contributed by atoms with van der Waals surface area (Å²) in [5.41, 5.74) is 2.89. The highest BCUT2D eigenvalue weighted by Gasteiger charge is 2.41. The van der Waals surface area contributed by atoms with Gasteiger partial charge < -0.3 is 4.52 Å². The molecule has 116 valence electrons. The van der Waals surface area contributed by atoms with Crippen molar-refractivity contribution in [1.29, 1.82) is 0 Å². The number of rotatable bonds is 4. The molecule has 0 bridgehead atoms. The van der Waals surface area contributed by atoms with Crippen molar-refractivity contribution < 1.29 is 17.8 Å². The van der Waals surface area contributed by atoms with E-state index >= 15 is 0 Å². The quantitative estimate of drug-likeness (QED) is 0.854. The number of aromatic nitrogens is 1. The largest absolute Gasteiger partial charge is 0.361 e. The van der Waals surface area contributed by atoms with E-state index in [1.165, 1.54) is 6.08 Å². The van der Waals surface area contributed by atoms with E-state index < -0.39 is 20.1 Å². The van der Waals surface area contributed by atoms with Crippen LogP contribution in [0.4, 0.5) is 0 Å². The van der Waals surface area contributed by atoms with Crippen LogP contribution in [0.3, 0.4) is 0 Å². The molecule has 1 atom stereocenters. The lowest BCUT2D eigenvalue weighted by Crippen LogP contribution is -2.23. The van der Waals surface area contributed by atoms with Crippen LogP contribution in [0.5, 0.6) is 0 Å². The Kier molecular flexibility index (Phi) is 3.35. The third-order valence-corrected chi connectivity index (χ3v) is 6.12. The Labute approximate surface area is 128 Å². The third kappa shape index (κ3) is 2.58. The fraction of sp³-hybridized carbons (Fsp3) is 0.615. The van der Waals surface area contributed by atoms with E-state index in [9.17, 15) is 8.42 Å². The monoisotopic (exact) mass is 332 g/mol. The highest BCUT2D eigenvalue weighted by molar-refractivity contribution is 7.96. The summed E-state index contributed by atoms with van der Waals surface area (Å²) in [6.45, 7) is 5.19. The molecule has 1 aromatic rings. The van der Waals surface area contributed by atoms with Gasteiger partial charge in [0.2, 0.25) is 9.84 Å². The summed E-state index contributed by atoms with van der Waals surface area (Å²) in [7, 11) is -3.79. The Hall–Kier alpha value is -1.05. The van der Waals surface area contributed by atoms with Gasteiger partial charge in [0.15, 0.2) is 9.74 Å². The van der Waals surface area contributed by atoms with Crippen molar-refractivity contribution in [2.24, 2.45) is 0 Å². The van der Waals surface area contributed by atoms with Gasteiger partial charge in [-0.05, 0) is 39.7 Å². The number of sulfone groups is 1. The maximum absolute atomic E-state index is 12.7. The molecule has 0 radical (unpaired) electrons. The molecule has 1 aliphatic heterocycles. The molecule has 6 nitrogen and oxygen atoms in total. The fourth-order valence-electron chi connectivity index (χ4n) is 2.29. The maximum Gasteiger partial charge on any atom is 0.216 e. The van der Waals surface area contributed by atoms with Gasteiger partial charge in [0.1, 0.15) is 11.4 Å². The predicted octanol–water partition coefficient (Wildman–Crippen LogP) is 2.67. The molecular formula is C13H17ClN2O4S. The summed E-state index contributed by atoms with van der Waals surface area (Å²) >= 11 is 6.27. The first-order valence-electron chi connectivity index (χ1n) is 6.73. The minimum atomic E-state index is -3.79. The van der Waals surface area contributed by atoms with E-state index in [2.05, 4.69) is 10.6 Å². The van der Waals surface area contributed by atoms with Crippen molar-refractivity contribution in [3.05, 3.63) is 28.1 Å². The van der Waals surface area contributed by atoms with Gasteiger partial charge in [-0.1, -0.05) is 16.8 Å². The molecule has 0 saturated heterocycles. The topological polar surface area (TPSA) is 81.4 Å². The number of nitrogens with zero attached hydrogens (tertiary/aromatic N) is 1. The zero-order valence-electron chi connectivity index (χ0n) is 12.0. The summed E-state index contributed by atoms with van der Waals surface area (Å²) in [5, 5.41) is 3.95. The molecule has 1 unspecified atom stereocenters. The second-order valence-corrected chi connectivity index (χ2v) is 8.69. The number of hydrogen-bond donors (Lipinski definition) is 1. The molecule has 1 fully saturated rings. The summed E-state index contributed by atoms with van der Waals surface area (Å²) < 4.78 is 29.2. The van der Waals surface area contributed by atoms with Crippen LogP contribution in [0.1, 0.15) is 54.3 Å². The van der Waals surface area contributed by atoms with E-state index in [-0.39, 0.29) is 10.9 Å². The second-order valence-electron chi connectivity index (χ2n) is 5.99. The highest BCUT2D eigenvalue weighted by Crippen LogP contribution is 2.46. The molecule has 1 aliphatic carbocycles. The Morgan fingerprint density at radius 1 is 1.48 bits per heavy atom. The molecule has 1 N–H and O–H groups in total. The predicted molar refractivity (Wildman–Crippen MR) is 77.1 cm³/mol. The van der Waals surface area contributed by atoms with Crippen molar-refractivity contribution in [3.63, 3.8) is 0 Å². The number of nitrogens with one attached hydrogen (secondary N) is 1. The molecular weight excluding hydrogens is 316 g/mol. The highest BCUT2D eigenvalue weighted by atomic mass is 35.5. The van der Waals surface area contributed by atoms with Gasteiger partial charge in [0.05, 0.1) is 11.3 Å². The number of aryl methyl sites for hydroxylation is 1. The van der Waals surface area contributed by atoms with Crippen LogP contribution in [0, 0.1) is 6.92 Å². The van der Waals surface area contributed by atoms with Crippen LogP contribution < -0.4 is 5.48 Å². The standard InChI is InChI=1S/C13H17ClN2O4S/c1-7-10(11(16-19-7)8-4-5-8)12(14)21(17,18)9-6-13(2,3)20-15-9/h6,8,12,15H,4-5H2,1-3H3. The molecule has 0 amide bonds. The van der Waals surface area contributed by atoms with Crippen LogP contribution in [-0.2, 0) is 14.7 Å². The Morgan fingerprint density at radius 3 is 2.67 bits per heavy atom. The lowest BCUT2D eigenvalue weighted by atomic mass is 10.1. The molecule has 1 aromatic heterocycles. The second kappa shape index (κ2) is 4.72.